The van der Waals surface area contributed by atoms with Gasteiger partial charge in [-0.3, -0.25) is 0 Å². The Labute approximate surface area is 159 Å². The molecular formula is C20H25N5S. The van der Waals surface area contributed by atoms with E-state index in [9.17, 15) is 0 Å². The van der Waals surface area contributed by atoms with Crippen molar-refractivity contribution in [3.8, 4) is 10.7 Å². The van der Waals surface area contributed by atoms with Crippen LogP contribution in [0, 0.1) is 0 Å². The predicted octanol–water partition coefficient (Wildman–Crippen LogP) is 3.23. The molecule has 0 radical (unpaired) electrons. The van der Waals surface area contributed by atoms with E-state index in [1.54, 1.807) is 11.3 Å². The number of hydrogen-bond donors (Lipinski definition) is 0. The van der Waals surface area contributed by atoms with E-state index in [-0.39, 0.29) is 0 Å². The van der Waals surface area contributed by atoms with Crippen LogP contribution in [0.2, 0.25) is 0 Å². The molecule has 0 saturated carbocycles. The third-order valence-corrected chi connectivity index (χ3v) is 6.06. The highest BCUT2D eigenvalue weighted by Crippen LogP contribution is 2.27. The van der Waals surface area contributed by atoms with Crippen LogP contribution in [-0.4, -0.2) is 59.5 Å². The first-order valence-corrected chi connectivity index (χ1v) is 10.0. The van der Waals surface area contributed by atoms with Crippen LogP contribution in [0.4, 0.5) is 5.82 Å². The number of anilines is 1. The zero-order valence-corrected chi connectivity index (χ0v) is 16.2. The highest BCUT2D eigenvalue weighted by molar-refractivity contribution is 7.14. The van der Waals surface area contributed by atoms with E-state index in [0.29, 0.717) is 0 Å². The van der Waals surface area contributed by atoms with Crippen LogP contribution in [0.3, 0.4) is 0 Å². The Morgan fingerprint density at radius 1 is 1.15 bits per heavy atom. The summed E-state index contributed by atoms with van der Waals surface area (Å²) >= 11 is 1.73. The summed E-state index contributed by atoms with van der Waals surface area (Å²) < 4.78 is 0. The molecule has 0 aliphatic carbocycles. The van der Waals surface area contributed by atoms with Crippen molar-refractivity contribution in [1.82, 2.24) is 19.8 Å². The lowest BCUT2D eigenvalue weighted by Crippen LogP contribution is -2.44. The number of aromatic nitrogens is 2. The van der Waals surface area contributed by atoms with Crippen molar-refractivity contribution in [2.75, 3.05) is 44.7 Å². The number of hydrogen-bond acceptors (Lipinski definition) is 6. The van der Waals surface area contributed by atoms with Crippen molar-refractivity contribution in [2.45, 2.75) is 13.3 Å². The van der Waals surface area contributed by atoms with Gasteiger partial charge in [0.15, 0.2) is 0 Å². The Hall–Kier alpha value is -2.18. The number of nitrogens with zero attached hydrogens (tertiary/aromatic N) is 5. The van der Waals surface area contributed by atoms with Crippen LogP contribution >= 0.6 is 11.3 Å². The van der Waals surface area contributed by atoms with Crippen LogP contribution in [0.25, 0.3) is 10.7 Å². The molecule has 136 valence electrons. The van der Waals surface area contributed by atoms with Gasteiger partial charge in [0.1, 0.15) is 16.5 Å². The lowest BCUT2D eigenvalue weighted by atomic mass is 10.2. The van der Waals surface area contributed by atoms with Gasteiger partial charge in [0.05, 0.1) is 5.70 Å². The number of likely N-dealkylation sites (N-methyl/N-ethyl adjacent to an activating group) is 1. The maximum absolute atomic E-state index is 4.87. The quantitative estimate of drug-likeness (QED) is 0.829. The van der Waals surface area contributed by atoms with Crippen molar-refractivity contribution in [3.05, 3.63) is 53.3 Å². The van der Waals surface area contributed by atoms with Crippen molar-refractivity contribution in [2.24, 2.45) is 0 Å². The molecule has 4 rings (SSSR count). The molecule has 0 bridgehead atoms. The second kappa shape index (κ2) is 7.60. The Balaban J connectivity index is 1.55. The minimum absolute atomic E-state index is 0.853. The summed E-state index contributed by atoms with van der Waals surface area (Å²) in [6.45, 7) is 7.39. The zero-order chi connectivity index (χ0) is 17.9. The SMILES string of the molecule is CCc1cnc(-c2cccc(N3C=C(N4CCN(C)CC4)C=CC3)n2)s1. The highest BCUT2D eigenvalue weighted by atomic mass is 32.1. The van der Waals surface area contributed by atoms with Gasteiger partial charge in [-0.15, -0.1) is 11.3 Å². The van der Waals surface area contributed by atoms with Crippen molar-refractivity contribution < 1.29 is 0 Å². The summed E-state index contributed by atoms with van der Waals surface area (Å²) in [7, 11) is 2.19. The fraction of sp³-hybridized carbons (Fsp3) is 0.400. The zero-order valence-electron chi connectivity index (χ0n) is 15.4. The summed E-state index contributed by atoms with van der Waals surface area (Å²) in [6, 6.07) is 6.20. The number of pyridine rings is 1. The van der Waals surface area contributed by atoms with Crippen LogP contribution in [0.5, 0.6) is 0 Å². The predicted molar refractivity (Wildman–Crippen MR) is 108 cm³/mol. The monoisotopic (exact) mass is 367 g/mol. The molecule has 1 saturated heterocycles. The summed E-state index contributed by atoms with van der Waals surface area (Å²) in [5.74, 6) is 0.978. The Morgan fingerprint density at radius 3 is 2.77 bits per heavy atom. The number of aryl methyl sites for hydroxylation is 1. The molecule has 0 atom stereocenters. The van der Waals surface area contributed by atoms with E-state index in [1.165, 1.54) is 10.6 Å². The molecule has 0 unspecified atom stereocenters. The first-order valence-electron chi connectivity index (χ1n) is 9.23. The van der Waals surface area contributed by atoms with Crippen LogP contribution in [0.15, 0.2) is 48.4 Å². The third kappa shape index (κ3) is 3.66. The van der Waals surface area contributed by atoms with Gasteiger partial charge in [-0.05, 0) is 31.7 Å². The smallest absolute Gasteiger partial charge is 0.142 e. The number of thiazole rings is 1. The fourth-order valence-corrected chi connectivity index (χ4v) is 4.07. The average molecular weight is 368 g/mol. The molecule has 4 heterocycles. The minimum atomic E-state index is 0.853. The number of allylic oxidation sites excluding steroid dienone is 1. The highest BCUT2D eigenvalue weighted by Gasteiger charge is 2.18. The number of piperazine rings is 1. The van der Waals surface area contributed by atoms with Crippen molar-refractivity contribution in [3.63, 3.8) is 0 Å². The first-order chi connectivity index (χ1) is 12.7. The molecular weight excluding hydrogens is 342 g/mol. The van der Waals surface area contributed by atoms with Crippen molar-refractivity contribution >= 4 is 17.2 Å². The van der Waals surface area contributed by atoms with E-state index in [4.69, 9.17) is 4.98 Å². The molecule has 0 spiro atoms. The maximum atomic E-state index is 4.87. The topological polar surface area (TPSA) is 35.5 Å². The van der Waals surface area contributed by atoms with Gasteiger partial charge >= 0.3 is 0 Å². The summed E-state index contributed by atoms with van der Waals surface area (Å²) in [5.41, 5.74) is 2.23. The van der Waals surface area contributed by atoms with E-state index in [1.807, 2.05) is 12.3 Å². The Bertz CT molecular complexity index is 817. The van der Waals surface area contributed by atoms with Crippen molar-refractivity contribution in [1.29, 1.82) is 0 Å². The third-order valence-electron chi connectivity index (χ3n) is 4.90. The summed E-state index contributed by atoms with van der Waals surface area (Å²) in [4.78, 5) is 17.8. The molecule has 5 nitrogen and oxygen atoms in total. The summed E-state index contributed by atoms with van der Waals surface area (Å²) in [6.07, 6.45) is 9.67. The largest absolute Gasteiger partial charge is 0.368 e. The minimum Gasteiger partial charge on any atom is -0.368 e. The number of rotatable bonds is 4. The van der Waals surface area contributed by atoms with Gasteiger partial charge in [0, 0.05) is 50.0 Å². The normalized spacial score (nSPS) is 18.3. The van der Waals surface area contributed by atoms with Gasteiger partial charge in [0.2, 0.25) is 0 Å². The molecule has 0 N–H and O–H groups in total. The van der Waals surface area contributed by atoms with Gasteiger partial charge in [0.25, 0.3) is 0 Å². The van der Waals surface area contributed by atoms with Gasteiger partial charge < -0.3 is 14.7 Å². The standard InChI is InChI=1S/C20H25N5S/c1-3-17-14-21-20(26-17)18-7-4-8-19(22-18)25-9-5-6-16(15-25)24-12-10-23(2)11-13-24/h4-8,14-15H,3,9-13H2,1-2H3. The summed E-state index contributed by atoms with van der Waals surface area (Å²) in [5, 5.41) is 1.000. The molecule has 0 amide bonds. The van der Waals surface area contributed by atoms with Crippen LogP contribution < -0.4 is 4.90 Å². The molecule has 2 aliphatic rings. The lowest BCUT2D eigenvalue weighted by Gasteiger charge is -2.36. The van der Waals surface area contributed by atoms with E-state index in [2.05, 4.69) is 64.1 Å². The fourth-order valence-electron chi connectivity index (χ4n) is 3.25. The molecule has 2 aromatic heterocycles. The first kappa shape index (κ1) is 17.2. The second-order valence-corrected chi connectivity index (χ2v) is 7.88. The Kier molecular flexibility index (Phi) is 5.04. The van der Waals surface area contributed by atoms with Gasteiger partial charge in [-0.25, -0.2) is 9.97 Å². The second-order valence-electron chi connectivity index (χ2n) is 6.77. The molecule has 2 aromatic rings. The average Bonchev–Trinajstić information content (AvgIpc) is 3.18. The van der Waals surface area contributed by atoms with E-state index < -0.39 is 0 Å². The lowest BCUT2D eigenvalue weighted by molar-refractivity contribution is 0.189. The molecule has 1 fully saturated rings. The molecule has 2 aliphatic heterocycles. The van der Waals surface area contributed by atoms with E-state index in [0.717, 1.165) is 55.7 Å². The van der Waals surface area contributed by atoms with Crippen LogP contribution in [-0.2, 0) is 6.42 Å². The molecule has 26 heavy (non-hydrogen) atoms. The van der Waals surface area contributed by atoms with E-state index >= 15 is 0 Å². The molecule has 0 aromatic carbocycles. The van der Waals surface area contributed by atoms with Crippen LogP contribution in [0.1, 0.15) is 11.8 Å². The van der Waals surface area contributed by atoms with Gasteiger partial charge in [-0.1, -0.05) is 19.1 Å². The Morgan fingerprint density at radius 2 is 2.00 bits per heavy atom. The molecule has 6 heteroatoms. The maximum Gasteiger partial charge on any atom is 0.142 e. The van der Waals surface area contributed by atoms with Gasteiger partial charge in [-0.2, -0.15) is 0 Å².